The van der Waals surface area contributed by atoms with Gasteiger partial charge in [-0.15, -0.1) is 0 Å². The molecule has 1 aromatic rings. The van der Waals surface area contributed by atoms with Crippen molar-refractivity contribution in [2.24, 2.45) is 5.16 Å². The van der Waals surface area contributed by atoms with E-state index in [0.717, 1.165) is 0 Å². The Morgan fingerprint density at radius 2 is 1.64 bits per heavy atom. The van der Waals surface area contributed by atoms with E-state index in [9.17, 15) is 9.83 Å². The number of hydrogen-bond donors (Lipinski definition) is 0. The lowest BCUT2D eigenvalue weighted by molar-refractivity contribution is 0.0740. The molecule has 0 N–H and O–H groups in total. The Balaban J connectivity index is 3.13. The smallest absolute Gasteiger partial charge is 0.493 e. The van der Waals surface area contributed by atoms with E-state index in [2.05, 4.69) is 5.16 Å². The fourth-order valence-corrected chi connectivity index (χ4v) is 3.13. The number of rotatable bonds is 9. The number of hydrogen-bond acceptors (Lipinski definition) is 8. The van der Waals surface area contributed by atoms with Gasteiger partial charge in [0.05, 0.1) is 26.4 Å². The zero-order valence-electron chi connectivity index (χ0n) is 15.2. The van der Waals surface area contributed by atoms with Crippen LogP contribution in [0.1, 0.15) is 33.3 Å². The second kappa shape index (κ2) is 9.42. The van der Waals surface area contributed by atoms with Crippen LogP contribution in [0.3, 0.4) is 0 Å². The van der Waals surface area contributed by atoms with Crippen LogP contribution in [-0.4, -0.2) is 32.1 Å². The molecule has 8 nitrogen and oxygen atoms in total. The summed E-state index contributed by atoms with van der Waals surface area (Å²) in [5, 5.41) is 13.0. The number of nitriles is 1. The molecule has 0 amide bonds. The van der Waals surface area contributed by atoms with Gasteiger partial charge < -0.3 is 9.47 Å². The van der Waals surface area contributed by atoms with Gasteiger partial charge in [-0.05, 0) is 45.9 Å². The third kappa shape index (κ3) is 6.39. The molecule has 1 rings (SSSR count). The van der Waals surface area contributed by atoms with Crippen LogP contribution in [0.25, 0.3) is 0 Å². The van der Waals surface area contributed by atoms with E-state index in [4.69, 9.17) is 23.1 Å². The third-order valence-corrected chi connectivity index (χ3v) is 4.32. The summed E-state index contributed by atoms with van der Waals surface area (Å²) in [5.74, 6) is 0.921. The van der Waals surface area contributed by atoms with Crippen molar-refractivity contribution in [3.63, 3.8) is 0 Å². The molecule has 0 aliphatic rings. The summed E-state index contributed by atoms with van der Waals surface area (Å²) < 4.78 is 38.3. The number of phosphoric ester groups is 1. The zero-order chi connectivity index (χ0) is 19.0. The van der Waals surface area contributed by atoms with E-state index in [1.165, 1.54) is 14.2 Å². The molecule has 1 aromatic carbocycles. The summed E-state index contributed by atoms with van der Waals surface area (Å²) in [5.41, 5.74) is 0.293. The van der Waals surface area contributed by atoms with E-state index in [1.807, 2.05) is 6.07 Å². The highest BCUT2D eigenvalue weighted by atomic mass is 31.2. The Morgan fingerprint density at radius 1 is 1.08 bits per heavy atom. The third-order valence-electron chi connectivity index (χ3n) is 2.67. The maximum atomic E-state index is 12.6. The Hall–Kier alpha value is -2.07. The van der Waals surface area contributed by atoms with Gasteiger partial charge >= 0.3 is 7.82 Å². The maximum absolute atomic E-state index is 12.6. The quantitative estimate of drug-likeness (QED) is 0.369. The predicted octanol–water partition coefficient (Wildman–Crippen LogP) is 3.91. The molecule has 0 bridgehead atoms. The normalized spacial score (nSPS) is 12.2. The lowest BCUT2D eigenvalue weighted by Gasteiger charge is -2.19. The molecule has 0 aliphatic heterocycles. The molecule has 0 fully saturated rings. The minimum Gasteiger partial charge on any atom is -0.493 e. The van der Waals surface area contributed by atoms with E-state index < -0.39 is 20.0 Å². The second-order valence-corrected chi connectivity index (χ2v) is 6.94. The molecule has 0 unspecified atom stereocenters. The fourth-order valence-electron chi connectivity index (χ4n) is 1.79. The first-order valence-electron chi connectivity index (χ1n) is 7.60. The standard InChI is InChI=1S/C16H23N2O6P/c1-11(2)22-25(19,23-12(3)4)24-18-14(10-17)13-7-8-15(20-5)16(9-13)21-6/h7-9,11-12H,1-6H3/b18-14+. The van der Waals surface area contributed by atoms with Gasteiger partial charge in [-0.25, -0.2) is 4.57 Å². The van der Waals surface area contributed by atoms with Crippen LogP contribution >= 0.6 is 7.82 Å². The summed E-state index contributed by atoms with van der Waals surface area (Å²) in [7, 11) is -0.970. The van der Waals surface area contributed by atoms with Crippen LogP contribution in [0.15, 0.2) is 23.4 Å². The number of oxime groups is 1. The molecule has 0 saturated heterocycles. The van der Waals surface area contributed by atoms with Crippen LogP contribution in [0.5, 0.6) is 11.5 Å². The van der Waals surface area contributed by atoms with E-state index in [0.29, 0.717) is 17.1 Å². The Kier molecular flexibility index (Phi) is 7.91. The SMILES string of the molecule is COc1ccc(/C(C#N)=N/OP(=O)(OC(C)C)OC(C)C)cc1OC. The van der Waals surface area contributed by atoms with Crippen molar-refractivity contribution in [1.29, 1.82) is 5.26 Å². The number of methoxy groups -OCH3 is 2. The Bertz CT molecular complexity index is 682. The van der Waals surface area contributed by atoms with Crippen molar-refractivity contribution in [2.45, 2.75) is 39.9 Å². The van der Waals surface area contributed by atoms with Crippen LogP contribution in [0.4, 0.5) is 0 Å². The van der Waals surface area contributed by atoms with Gasteiger partial charge in [0, 0.05) is 5.56 Å². The van der Waals surface area contributed by atoms with Crippen molar-refractivity contribution in [1.82, 2.24) is 0 Å². The molecule has 9 heteroatoms. The second-order valence-electron chi connectivity index (χ2n) is 5.46. The number of benzene rings is 1. The Labute approximate surface area is 147 Å². The monoisotopic (exact) mass is 370 g/mol. The summed E-state index contributed by atoms with van der Waals surface area (Å²) in [6, 6.07) is 6.66. The first kappa shape index (κ1) is 21.0. The van der Waals surface area contributed by atoms with Crippen molar-refractivity contribution in [2.75, 3.05) is 14.2 Å². The minimum absolute atomic E-state index is 0.110. The van der Waals surface area contributed by atoms with E-state index in [-0.39, 0.29) is 5.71 Å². The number of phosphoric acid groups is 1. The highest BCUT2D eigenvalue weighted by Crippen LogP contribution is 2.52. The lowest BCUT2D eigenvalue weighted by atomic mass is 10.1. The zero-order valence-corrected chi connectivity index (χ0v) is 16.1. The van der Waals surface area contributed by atoms with Crippen LogP contribution in [-0.2, 0) is 18.2 Å². The van der Waals surface area contributed by atoms with Gasteiger partial charge in [0.2, 0.25) is 0 Å². The fraction of sp³-hybridized carbons (Fsp3) is 0.500. The van der Waals surface area contributed by atoms with Gasteiger partial charge in [-0.3, -0.25) is 13.7 Å². The molecule has 0 radical (unpaired) electrons. The number of nitrogens with zero attached hydrogens (tertiary/aromatic N) is 2. The molecule has 138 valence electrons. The van der Waals surface area contributed by atoms with Crippen LogP contribution in [0, 0.1) is 11.3 Å². The molecular formula is C16H23N2O6P. The largest absolute Gasteiger partial charge is 0.551 e. The summed E-state index contributed by atoms with van der Waals surface area (Å²) in [6.45, 7) is 6.73. The average Bonchev–Trinajstić information content (AvgIpc) is 2.53. The average molecular weight is 370 g/mol. The number of ether oxygens (including phenoxy) is 2. The van der Waals surface area contributed by atoms with Crippen molar-refractivity contribution in [3.8, 4) is 17.6 Å². The summed E-state index contributed by atoms with van der Waals surface area (Å²) in [6.07, 6.45) is -0.821. The van der Waals surface area contributed by atoms with Crippen molar-refractivity contribution in [3.05, 3.63) is 23.8 Å². The van der Waals surface area contributed by atoms with Gasteiger partial charge in [-0.1, -0.05) is 5.16 Å². The molecular weight excluding hydrogens is 347 g/mol. The van der Waals surface area contributed by atoms with Gasteiger partial charge in [0.25, 0.3) is 0 Å². The lowest BCUT2D eigenvalue weighted by Crippen LogP contribution is -2.09. The van der Waals surface area contributed by atoms with E-state index >= 15 is 0 Å². The first-order chi connectivity index (χ1) is 11.7. The first-order valence-corrected chi connectivity index (χ1v) is 9.06. The maximum Gasteiger partial charge on any atom is 0.551 e. The van der Waals surface area contributed by atoms with Crippen LogP contribution < -0.4 is 9.47 Å². The van der Waals surface area contributed by atoms with Gasteiger partial charge in [0.1, 0.15) is 6.07 Å². The van der Waals surface area contributed by atoms with Gasteiger partial charge in [-0.2, -0.15) is 5.26 Å². The topological polar surface area (TPSA) is 99.4 Å². The van der Waals surface area contributed by atoms with Crippen molar-refractivity contribution >= 4 is 13.5 Å². The molecule has 25 heavy (non-hydrogen) atoms. The molecule has 0 aliphatic carbocycles. The molecule has 0 atom stereocenters. The summed E-state index contributed by atoms with van der Waals surface area (Å²) in [4.78, 5) is 0. The highest BCUT2D eigenvalue weighted by Gasteiger charge is 2.32. The highest BCUT2D eigenvalue weighted by molar-refractivity contribution is 7.48. The molecule has 0 aromatic heterocycles. The Morgan fingerprint density at radius 3 is 2.08 bits per heavy atom. The van der Waals surface area contributed by atoms with Gasteiger partial charge in [0.15, 0.2) is 17.2 Å². The summed E-state index contributed by atoms with van der Waals surface area (Å²) >= 11 is 0. The molecule has 0 saturated carbocycles. The van der Waals surface area contributed by atoms with Crippen molar-refractivity contribution < 1.29 is 27.7 Å². The minimum atomic E-state index is -3.95. The predicted molar refractivity (Wildman–Crippen MR) is 92.8 cm³/mol. The van der Waals surface area contributed by atoms with Crippen LogP contribution in [0.2, 0.25) is 0 Å². The van der Waals surface area contributed by atoms with E-state index in [1.54, 1.807) is 45.9 Å². The molecule has 0 spiro atoms. The molecule has 0 heterocycles.